The van der Waals surface area contributed by atoms with Crippen LogP contribution in [-0.2, 0) is 4.79 Å². The van der Waals surface area contributed by atoms with E-state index in [1.165, 1.54) is 6.20 Å². The molecule has 1 aliphatic rings. The van der Waals surface area contributed by atoms with E-state index < -0.39 is 5.97 Å². The van der Waals surface area contributed by atoms with Crippen molar-refractivity contribution >= 4 is 35.1 Å². The van der Waals surface area contributed by atoms with Crippen molar-refractivity contribution in [1.29, 1.82) is 0 Å². The minimum absolute atomic E-state index is 0.0426. The molecule has 1 saturated heterocycles. The molecule has 2 rings (SSSR count). The molecule has 7 heteroatoms. The number of carboxylic acid groups (broad SMARTS) is 1. The second-order valence-electron chi connectivity index (χ2n) is 3.72. The standard InChI is InChI=1S/C10H12ClN3O2S/c11-8-4-12-5-9(13-8)14-1-2-17-6-7(14)3-10(15)16/h4-5,7H,1-3,6H2,(H,15,16). The molecular weight excluding hydrogens is 262 g/mol. The highest BCUT2D eigenvalue weighted by Gasteiger charge is 2.26. The quantitative estimate of drug-likeness (QED) is 0.901. The van der Waals surface area contributed by atoms with Gasteiger partial charge < -0.3 is 10.0 Å². The van der Waals surface area contributed by atoms with Gasteiger partial charge in [-0.1, -0.05) is 11.6 Å². The van der Waals surface area contributed by atoms with Crippen LogP contribution in [0.4, 0.5) is 5.82 Å². The van der Waals surface area contributed by atoms with Crippen LogP contribution in [0.3, 0.4) is 0 Å². The molecule has 1 N–H and O–H groups in total. The maximum absolute atomic E-state index is 10.8. The highest BCUT2D eigenvalue weighted by molar-refractivity contribution is 7.99. The zero-order valence-electron chi connectivity index (χ0n) is 9.04. The van der Waals surface area contributed by atoms with Crippen LogP contribution >= 0.6 is 23.4 Å². The molecule has 5 nitrogen and oxygen atoms in total. The number of nitrogens with zero attached hydrogens (tertiary/aromatic N) is 3. The first-order chi connectivity index (χ1) is 8.16. The Morgan fingerprint density at radius 1 is 1.65 bits per heavy atom. The fraction of sp³-hybridized carbons (Fsp3) is 0.500. The molecule has 1 fully saturated rings. The van der Waals surface area contributed by atoms with E-state index in [4.69, 9.17) is 16.7 Å². The zero-order chi connectivity index (χ0) is 12.3. The summed E-state index contributed by atoms with van der Waals surface area (Å²) >= 11 is 7.56. The molecule has 17 heavy (non-hydrogen) atoms. The number of anilines is 1. The van der Waals surface area contributed by atoms with Crippen molar-refractivity contribution in [3.63, 3.8) is 0 Å². The fourth-order valence-corrected chi connectivity index (χ4v) is 3.00. The Balaban J connectivity index is 2.18. The average Bonchev–Trinajstić information content (AvgIpc) is 2.29. The van der Waals surface area contributed by atoms with Crippen molar-refractivity contribution < 1.29 is 9.90 Å². The number of thioether (sulfide) groups is 1. The molecule has 0 saturated carbocycles. The van der Waals surface area contributed by atoms with E-state index in [0.717, 1.165) is 18.1 Å². The Hall–Kier alpha value is -1.01. The summed E-state index contributed by atoms with van der Waals surface area (Å²) in [7, 11) is 0. The van der Waals surface area contributed by atoms with Crippen molar-refractivity contribution in [2.75, 3.05) is 23.0 Å². The summed E-state index contributed by atoms with van der Waals surface area (Å²) < 4.78 is 0. The summed E-state index contributed by atoms with van der Waals surface area (Å²) in [5, 5.41) is 9.22. The van der Waals surface area contributed by atoms with E-state index in [-0.39, 0.29) is 12.5 Å². The van der Waals surface area contributed by atoms with Gasteiger partial charge in [0.25, 0.3) is 0 Å². The Morgan fingerprint density at radius 3 is 3.18 bits per heavy atom. The molecule has 0 radical (unpaired) electrons. The van der Waals surface area contributed by atoms with Gasteiger partial charge >= 0.3 is 5.97 Å². The first-order valence-electron chi connectivity index (χ1n) is 5.20. The van der Waals surface area contributed by atoms with Gasteiger partial charge in [-0.15, -0.1) is 0 Å². The van der Waals surface area contributed by atoms with Crippen molar-refractivity contribution in [2.45, 2.75) is 12.5 Å². The second kappa shape index (κ2) is 5.55. The van der Waals surface area contributed by atoms with Gasteiger partial charge in [-0.05, 0) is 0 Å². The molecule has 0 amide bonds. The largest absolute Gasteiger partial charge is 0.481 e. The van der Waals surface area contributed by atoms with Crippen LogP contribution in [0.15, 0.2) is 12.4 Å². The molecular formula is C10H12ClN3O2S. The molecule has 0 aliphatic carbocycles. The van der Waals surface area contributed by atoms with Gasteiger partial charge in [-0.25, -0.2) is 4.98 Å². The molecule has 1 aromatic heterocycles. The maximum Gasteiger partial charge on any atom is 0.305 e. The van der Waals surface area contributed by atoms with Gasteiger partial charge in [0, 0.05) is 24.1 Å². The lowest BCUT2D eigenvalue weighted by Crippen LogP contribution is -2.44. The number of halogens is 1. The zero-order valence-corrected chi connectivity index (χ0v) is 10.6. The molecule has 1 aliphatic heterocycles. The summed E-state index contributed by atoms with van der Waals surface area (Å²) in [4.78, 5) is 21.0. The van der Waals surface area contributed by atoms with E-state index in [2.05, 4.69) is 9.97 Å². The summed E-state index contributed by atoms with van der Waals surface area (Å²) in [5.74, 6) is 1.62. The molecule has 1 unspecified atom stereocenters. The minimum atomic E-state index is -0.794. The third-order valence-electron chi connectivity index (χ3n) is 2.52. The molecule has 0 aromatic carbocycles. The third-order valence-corrected chi connectivity index (χ3v) is 3.80. The summed E-state index contributed by atoms with van der Waals surface area (Å²) in [6.07, 6.45) is 3.20. The maximum atomic E-state index is 10.8. The highest BCUT2D eigenvalue weighted by atomic mass is 35.5. The monoisotopic (exact) mass is 273 g/mol. The van der Waals surface area contributed by atoms with E-state index >= 15 is 0 Å². The van der Waals surface area contributed by atoms with E-state index in [1.807, 2.05) is 4.90 Å². The smallest absolute Gasteiger partial charge is 0.305 e. The predicted molar refractivity (Wildman–Crippen MR) is 67.8 cm³/mol. The molecule has 92 valence electrons. The van der Waals surface area contributed by atoms with E-state index in [0.29, 0.717) is 11.0 Å². The van der Waals surface area contributed by atoms with Gasteiger partial charge in [0.1, 0.15) is 11.0 Å². The SMILES string of the molecule is O=C(O)CC1CSCCN1c1cncc(Cl)n1. The van der Waals surface area contributed by atoms with Crippen LogP contribution in [0.1, 0.15) is 6.42 Å². The van der Waals surface area contributed by atoms with Crippen LogP contribution in [0.2, 0.25) is 5.15 Å². The summed E-state index contributed by atoms with van der Waals surface area (Å²) in [6.45, 7) is 0.775. The highest BCUT2D eigenvalue weighted by Crippen LogP contribution is 2.24. The van der Waals surface area contributed by atoms with Crippen LogP contribution in [0.25, 0.3) is 0 Å². The van der Waals surface area contributed by atoms with Gasteiger partial charge in [0.2, 0.25) is 0 Å². The number of carboxylic acids is 1. The third kappa shape index (κ3) is 3.23. The number of hydrogen-bond donors (Lipinski definition) is 1. The first kappa shape index (κ1) is 12.4. The number of carbonyl (C=O) groups is 1. The lowest BCUT2D eigenvalue weighted by molar-refractivity contribution is -0.137. The van der Waals surface area contributed by atoms with E-state index in [1.54, 1.807) is 18.0 Å². The van der Waals surface area contributed by atoms with Crippen molar-refractivity contribution in [3.05, 3.63) is 17.5 Å². The fourth-order valence-electron chi connectivity index (χ4n) is 1.80. The Kier molecular flexibility index (Phi) is 4.06. The van der Waals surface area contributed by atoms with Gasteiger partial charge in [0.05, 0.1) is 18.8 Å². The van der Waals surface area contributed by atoms with Gasteiger partial charge in [0.15, 0.2) is 0 Å². The Labute approximate surface area is 108 Å². The lowest BCUT2D eigenvalue weighted by Gasteiger charge is -2.35. The minimum Gasteiger partial charge on any atom is -0.481 e. The topological polar surface area (TPSA) is 66.3 Å². The van der Waals surface area contributed by atoms with Crippen LogP contribution in [0, 0.1) is 0 Å². The Bertz CT molecular complexity index is 418. The van der Waals surface area contributed by atoms with Gasteiger partial charge in [-0.3, -0.25) is 9.78 Å². The number of aromatic nitrogens is 2. The molecule has 1 aromatic rings. The normalized spacial score (nSPS) is 20.3. The van der Waals surface area contributed by atoms with Crippen molar-refractivity contribution in [2.24, 2.45) is 0 Å². The summed E-state index contributed by atoms with van der Waals surface area (Å²) in [6, 6.07) is -0.0426. The number of aliphatic carboxylic acids is 1. The van der Waals surface area contributed by atoms with Crippen LogP contribution < -0.4 is 4.90 Å². The molecule has 0 spiro atoms. The van der Waals surface area contributed by atoms with Crippen molar-refractivity contribution in [1.82, 2.24) is 9.97 Å². The molecule has 0 bridgehead atoms. The molecule has 2 heterocycles. The second-order valence-corrected chi connectivity index (χ2v) is 5.26. The summed E-state index contributed by atoms with van der Waals surface area (Å²) in [5.41, 5.74) is 0. The van der Waals surface area contributed by atoms with E-state index in [9.17, 15) is 4.79 Å². The Morgan fingerprint density at radius 2 is 2.47 bits per heavy atom. The average molecular weight is 274 g/mol. The van der Waals surface area contributed by atoms with Crippen LogP contribution in [-0.4, -0.2) is 45.1 Å². The first-order valence-corrected chi connectivity index (χ1v) is 6.74. The number of hydrogen-bond acceptors (Lipinski definition) is 5. The number of rotatable bonds is 3. The van der Waals surface area contributed by atoms with Crippen molar-refractivity contribution in [3.8, 4) is 0 Å². The van der Waals surface area contributed by atoms with Gasteiger partial charge in [-0.2, -0.15) is 11.8 Å². The van der Waals surface area contributed by atoms with Crippen LogP contribution in [0.5, 0.6) is 0 Å². The molecule has 1 atom stereocenters. The predicted octanol–water partition coefficient (Wildman–Crippen LogP) is 1.53. The lowest BCUT2D eigenvalue weighted by atomic mass is 10.2.